The van der Waals surface area contributed by atoms with Gasteiger partial charge in [-0.15, -0.1) is 0 Å². The lowest BCUT2D eigenvalue weighted by atomic mass is 9.98. The van der Waals surface area contributed by atoms with E-state index in [-0.39, 0.29) is 11.3 Å². The molecule has 1 fully saturated rings. The molecule has 1 N–H and O–H groups in total. The predicted octanol–water partition coefficient (Wildman–Crippen LogP) is 2.24. The molecule has 4 nitrogen and oxygen atoms in total. The molecule has 1 aliphatic rings. The van der Waals surface area contributed by atoms with Gasteiger partial charge >= 0.3 is 5.97 Å². The van der Waals surface area contributed by atoms with Crippen molar-refractivity contribution in [1.29, 1.82) is 0 Å². The molecular formula is C14H18FNO3. The van der Waals surface area contributed by atoms with Crippen molar-refractivity contribution in [2.75, 3.05) is 26.7 Å². The minimum absolute atomic E-state index is 0.0656. The van der Waals surface area contributed by atoms with Crippen molar-refractivity contribution in [1.82, 2.24) is 4.90 Å². The van der Waals surface area contributed by atoms with E-state index in [1.54, 1.807) is 0 Å². The zero-order valence-electron chi connectivity index (χ0n) is 10.9. The van der Waals surface area contributed by atoms with Gasteiger partial charge in [-0.2, -0.15) is 0 Å². The fourth-order valence-corrected chi connectivity index (χ4v) is 2.19. The van der Waals surface area contributed by atoms with E-state index in [1.165, 1.54) is 12.1 Å². The summed E-state index contributed by atoms with van der Waals surface area (Å²) in [7, 11) is 2.08. The molecule has 0 amide bonds. The SMILES string of the molecule is CN1CCC(COc2ccc(C(=O)O)cc2F)CC1. The first-order valence-electron chi connectivity index (χ1n) is 6.40. The Balaban J connectivity index is 1.91. The number of likely N-dealkylation sites (tertiary alicyclic amines) is 1. The molecule has 5 heteroatoms. The van der Waals surface area contributed by atoms with Gasteiger partial charge in [0.1, 0.15) is 0 Å². The van der Waals surface area contributed by atoms with Gasteiger partial charge in [0, 0.05) is 0 Å². The molecule has 104 valence electrons. The Bertz CT molecular complexity index is 456. The van der Waals surface area contributed by atoms with Crippen LogP contribution in [-0.4, -0.2) is 42.7 Å². The number of piperidine rings is 1. The van der Waals surface area contributed by atoms with Crippen LogP contribution in [0.1, 0.15) is 23.2 Å². The average Bonchev–Trinajstić information content (AvgIpc) is 2.39. The monoisotopic (exact) mass is 267 g/mol. The van der Waals surface area contributed by atoms with Gasteiger partial charge in [0.2, 0.25) is 0 Å². The molecule has 2 rings (SSSR count). The summed E-state index contributed by atoms with van der Waals surface area (Å²) in [5, 5.41) is 8.75. The summed E-state index contributed by atoms with van der Waals surface area (Å²) < 4.78 is 19.1. The Morgan fingerprint density at radius 1 is 1.47 bits per heavy atom. The number of carboxylic acid groups (broad SMARTS) is 1. The van der Waals surface area contributed by atoms with E-state index < -0.39 is 11.8 Å². The molecule has 1 aromatic carbocycles. The first-order chi connectivity index (χ1) is 9.06. The van der Waals surface area contributed by atoms with Crippen molar-refractivity contribution < 1.29 is 19.0 Å². The number of ether oxygens (including phenoxy) is 1. The number of hydrogen-bond donors (Lipinski definition) is 1. The van der Waals surface area contributed by atoms with Crippen LogP contribution in [0.3, 0.4) is 0 Å². The molecule has 1 aromatic rings. The highest BCUT2D eigenvalue weighted by Gasteiger charge is 2.18. The number of aromatic carboxylic acids is 1. The minimum atomic E-state index is -1.14. The number of hydrogen-bond acceptors (Lipinski definition) is 3. The van der Waals surface area contributed by atoms with Crippen LogP contribution >= 0.6 is 0 Å². The molecule has 0 saturated carbocycles. The number of nitrogens with zero attached hydrogens (tertiary/aromatic N) is 1. The van der Waals surface area contributed by atoms with Crippen LogP contribution in [0.15, 0.2) is 18.2 Å². The van der Waals surface area contributed by atoms with Gasteiger partial charge in [0.05, 0.1) is 12.2 Å². The Morgan fingerprint density at radius 2 is 2.16 bits per heavy atom. The second-order valence-electron chi connectivity index (χ2n) is 5.01. The highest BCUT2D eigenvalue weighted by atomic mass is 19.1. The van der Waals surface area contributed by atoms with E-state index >= 15 is 0 Å². The summed E-state index contributed by atoms with van der Waals surface area (Å²) in [6, 6.07) is 3.73. The fourth-order valence-electron chi connectivity index (χ4n) is 2.19. The number of benzene rings is 1. The molecule has 0 spiro atoms. The second-order valence-corrected chi connectivity index (χ2v) is 5.01. The maximum absolute atomic E-state index is 13.6. The van der Waals surface area contributed by atoms with Crippen LogP contribution in [0.2, 0.25) is 0 Å². The molecule has 0 aromatic heterocycles. The van der Waals surface area contributed by atoms with Crippen LogP contribution < -0.4 is 4.74 Å². The summed E-state index contributed by atoms with van der Waals surface area (Å²) in [5.74, 6) is -1.19. The van der Waals surface area contributed by atoms with Crippen LogP contribution in [-0.2, 0) is 0 Å². The molecule has 0 radical (unpaired) electrons. The standard InChI is InChI=1S/C14H18FNO3/c1-16-6-4-10(5-7-16)9-19-13-3-2-11(14(17)18)8-12(13)15/h2-3,8,10H,4-7,9H2,1H3,(H,17,18). The average molecular weight is 267 g/mol. The van der Waals surface area contributed by atoms with Gasteiger partial charge < -0.3 is 14.7 Å². The van der Waals surface area contributed by atoms with E-state index in [0.717, 1.165) is 32.0 Å². The van der Waals surface area contributed by atoms with E-state index in [0.29, 0.717) is 12.5 Å². The highest BCUT2D eigenvalue weighted by Crippen LogP contribution is 2.22. The summed E-state index contributed by atoms with van der Waals surface area (Å²) in [6.45, 7) is 2.56. The number of carboxylic acids is 1. The summed E-state index contributed by atoms with van der Waals surface area (Å²) in [4.78, 5) is 13.0. The van der Waals surface area contributed by atoms with Crippen LogP contribution in [0.25, 0.3) is 0 Å². The molecule has 0 atom stereocenters. The number of halogens is 1. The molecular weight excluding hydrogens is 249 g/mol. The molecule has 0 bridgehead atoms. The third-order valence-electron chi connectivity index (χ3n) is 3.49. The summed E-state index contributed by atoms with van der Waals surface area (Å²) >= 11 is 0. The number of carbonyl (C=O) groups is 1. The van der Waals surface area contributed by atoms with Crippen molar-refractivity contribution in [3.63, 3.8) is 0 Å². The van der Waals surface area contributed by atoms with Gasteiger partial charge in [-0.3, -0.25) is 0 Å². The molecule has 1 saturated heterocycles. The van der Waals surface area contributed by atoms with Crippen molar-refractivity contribution in [2.24, 2.45) is 5.92 Å². The maximum Gasteiger partial charge on any atom is 0.335 e. The quantitative estimate of drug-likeness (QED) is 0.909. The lowest BCUT2D eigenvalue weighted by Crippen LogP contribution is -2.32. The zero-order chi connectivity index (χ0) is 13.8. The Kier molecular flexibility index (Phi) is 4.37. The molecule has 0 unspecified atom stereocenters. The first kappa shape index (κ1) is 13.8. The second kappa shape index (κ2) is 6.02. The van der Waals surface area contributed by atoms with Crippen molar-refractivity contribution in [2.45, 2.75) is 12.8 Å². The topological polar surface area (TPSA) is 49.8 Å². The normalized spacial score (nSPS) is 17.4. The molecule has 0 aliphatic carbocycles. The van der Waals surface area contributed by atoms with Crippen LogP contribution in [0.4, 0.5) is 4.39 Å². The van der Waals surface area contributed by atoms with Gasteiger partial charge in [0.15, 0.2) is 11.6 Å². The van der Waals surface area contributed by atoms with Crippen LogP contribution in [0.5, 0.6) is 5.75 Å². The van der Waals surface area contributed by atoms with E-state index in [4.69, 9.17) is 9.84 Å². The Labute approximate surface area is 111 Å². The Morgan fingerprint density at radius 3 is 2.74 bits per heavy atom. The summed E-state index contributed by atoms with van der Waals surface area (Å²) in [5.41, 5.74) is -0.0656. The van der Waals surface area contributed by atoms with Gasteiger partial charge in [0.25, 0.3) is 0 Å². The van der Waals surface area contributed by atoms with Crippen molar-refractivity contribution in [3.05, 3.63) is 29.6 Å². The van der Waals surface area contributed by atoms with Gasteiger partial charge in [-0.1, -0.05) is 0 Å². The fraction of sp³-hybridized carbons (Fsp3) is 0.500. The van der Waals surface area contributed by atoms with Crippen LogP contribution in [0, 0.1) is 11.7 Å². The highest BCUT2D eigenvalue weighted by molar-refractivity contribution is 5.87. The lowest BCUT2D eigenvalue weighted by molar-refractivity contribution is 0.0696. The Hall–Kier alpha value is -1.62. The van der Waals surface area contributed by atoms with Gasteiger partial charge in [-0.25, -0.2) is 9.18 Å². The zero-order valence-corrected chi connectivity index (χ0v) is 10.9. The molecule has 19 heavy (non-hydrogen) atoms. The smallest absolute Gasteiger partial charge is 0.335 e. The van der Waals surface area contributed by atoms with E-state index in [1.807, 2.05) is 0 Å². The van der Waals surface area contributed by atoms with Gasteiger partial charge in [-0.05, 0) is 57.1 Å². The predicted molar refractivity (Wildman–Crippen MR) is 69.1 cm³/mol. The lowest BCUT2D eigenvalue weighted by Gasteiger charge is -2.28. The molecule has 1 aliphatic heterocycles. The molecule has 1 heterocycles. The summed E-state index contributed by atoms with van der Waals surface area (Å²) in [6.07, 6.45) is 2.09. The van der Waals surface area contributed by atoms with Crippen molar-refractivity contribution >= 4 is 5.97 Å². The number of rotatable bonds is 4. The van der Waals surface area contributed by atoms with E-state index in [2.05, 4.69) is 11.9 Å². The van der Waals surface area contributed by atoms with Crippen molar-refractivity contribution in [3.8, 4) is 5.75 Å². The third kappa shape index (κ3) is 3.67. The third-order valence-corrected chi connectivity index (χ3v) is 3.49. The first-order valence-corrected chi connectivity index (χ1v) is 6.40. The maximum atomic E-state index is 13.6. The van der Waals surface area contributed by atoms with E-state index in [9.17, 15) is 9.18 Å². The minimum Gasteiger partial charge on any atom is -0.490 e. The largest absolute Gasteiger partial charge is 0.490 e.